The van der Waals surface area contributed by atoms with Gasteiger partial charge in [-0.1, -0.05) is 26.0 Å². The highest BCUT2D eigenvalue weighted by molar-refractivity contribution is 5.77. The molecule has 1 heterocycles. The largest absolute Gasteiger partial charge is 0.416 e. The van der Waals surface area contributed by atoms with Gasteiger partial charge in [0.25, 0.3) is 0 Å². The van der Waals surface area contributed by atoms with E-state index in [2.05, 4.69) is 6.92 Å². The van der Waals surface area contributed by atoms with Crippen molar-refractivity contribution in [1.29, 1.82) is 0 Å². The third-order valence-electron chi connectivity index (χ3n) is 4.86. The first kappa shape index (κ1) is 18.8. The lowest BCUT2D eigenvalue weighted by Crippen LogP contribution is -2.49. The fourth-order valence-corrected chi connectivity index (χ4v) is 3.30. The van der Waals surface area contributed by atoms with Crippen molar-refractivity contribution in [2.45, 2.75) is 51.2 Å². The van der Waals surface area contributed by atoms with Gasteiger partial charge in [0.15, 0.2) is 0 Å². The van der Waals surface area contributed by atoms with Crippen molar-refractivity contribution in [3.63, 3.8) is 0 Å². The Morgan fingerprint density at radius 2 is 1.96 bits per heavy atom. The van der Waals surface area contributed by atoms with Gasteiger partial charge in [0.2, 0.25) is 5.91 Å². The summed E-state index contributed by atoms with van der Waals surface area (Å²) in [5, 5.41) is 0. The normalized spacial score (nSPS) is 23.2. The molecule has 1 aromatic carbocycles. The van der Waals surface area contributed by atoms with Gasteiger partial charge in [-0.25, -0.2) is 0 Å². The molecule has 1 aromatic rings. The second kappa shape index (κ2) is 7.55. The van der Waals surface area contributed by atoms with Gasteiger partial charge in [0, 0.05) is 25.6 Å². The Kier molecular flexibility index (Phi) is 5.91. The number of carbonyl (C=O) groups excluding carboxylic acids is 1. The Balaban J connectivity index is 2.00. The van der Waals surface area contributed by atoms with Crippen LogP contribution < -0.4 is 5.73 Å². The van der Waals surface area contributed by atoms with Gasteiger partial charge in [0.1, 0.15) is 0 Å². The Hall–Kier alpha value is -1.56. The highest BCUT2D eigenvalue weighted by Crippen LogP contribution is 2.31. The number of nitrogens with zero attached hydrogens (tertiary/aromatic N) is 1. The van der Waals surface area contributed by atoms with Gasteiger partial charge in [-0.3, -0.25) is 4.79 Å². The number of hydrogen-bond acceptors (Lipinski definition) is 2. The maximum atomic E-state index is 12.6. The molecular formula is C18H25F3N2O. The molecule has 0 aromatic heterocycles. The Morgan fingerprint density at radius 3 is 2.50 bits per heavy atom. The van der Waals surface area contributed by atoms with E-state index in [1.54, 1.807) is 0 Å². The van der Waals surface area contributed by atoms with Crippen LogP contribution in [0.25, 0.3) is 0 Å². The zero-order chi connectivity index (χ0) is 17.9. The van der Waals surface area contributed by atoms with Crippen molar-refractivity contribution in [1.82, 2.24) is 4.90 Å². The molecule has 1 amide bonds. The Bertz CT molecular complexity index is 556. The molecular weight excluding hydrogens is 317 g/mol. The van der Waals surface area contributed by atoms with Crippen LogP contribution in [0.4, 0.5) is 13.2 Å². The first-order valence-electron chi connectivity index (χ1n) is 8.39. The fourth-order valence-electron chi connectivity index (χ4n) is 3.30. The van der Waals surface area contributed by atoms with Gasteiger partial charge >= 0.3 is 6.18 Å². The molecule has 3 nitrogen and oxygen atoms in total. The standard InChI is InChI=1S/C18H25F3N2O/c1-12-7-8-23(16(9-12)11-22)17(24)10-13(2)14-3-5-15(6-4-14)18(19,20)21/h3-6,12-13,16H,7-11,22H2,1-2H3. The van der Waals surface area contributed by atoms with Gasteiger partial charge in [-0.15, -0.1) is 0 Å². The lowest BCUT2D eigenvalue weighted by molar-refractivity contribution is -0.138. The van der Waals surface area contributed by atoms with E-state index in [9.17, 15) is 18.0 Å². The molecule has 0 aliphatic carbocycles. The van der Waals surface area contributed by atoms with Crippen LogP contribution in [0.5, 0.6) is 0 Å². The molecule has 0 saturated carbocycles. The van der Waals surface area contributed by atoms with Crippen LogP contribution in [0.15, 0.2) is 24.3 Å². The van der Waals surface area contributed by atoms with E-state index < -0.39 is 11.7 Å². The van der Waals surface area contributed by atoms with Gasteiger partial charge in [0.05, 0.1) is 5.56 Å². The maximum Gasteiger partial charge on any atom is 0.416 e. The number of nitrogens with two attached hydrogens (primary N) is 1. The number of halogens is 3. The SMILES string of the molecule is CC1CCN(C(=O)CC(C)c2ccc(C(F)(F)F)cc2)C(CN)C1. The van der Waals surface area contributed by atoms with E-state index >= 15 is 0 Å². The van der Waals surface area contributed by atoms with Crippen molar-refractivity contribution < 1.29 is 18.0 Å². The Morgan fingerprint density at radius 1 is 1.33 bits per heavy atom. The van der Waals surface area contributed by atoms with Gasteiger partial charge in [-0.2, -0.15) is 13.2 Å². The topological polar surface area (TPSA) is 46.3 Å². The second-order valence-electron chi connectivity index (χ2n) is 6.83. The van der Waals surface area contributed by atoms with E-state index in [1.165, 1.54) is 12.1 Å². The van der Waals surface area contributed by atoms with Crippen molar-refractivity contribution in [3.05, 3.63) is 35.4 Å². The van der Waals surface area contributed by atoms with Crippen LogP contribution in [-0.2, 0) is 11.0 Å². The van der Waals surface area contributed by atoms with E-state index in [0.29, 0.717) is 19.0 Å². The fraction of sp³-hybridized carbons (Fsp3) is 0.611. The molecule has 0 spiro atoms. The molecule has 1 aliphatic heterocycles. The molecule has 2 N–H and O–H groups in total. The number of rotatable bonds is 4. The zero-order valence-electron chi connectivity index (χ0n) is 14.1. The number of amides is 1. The number of carbonyl (C=O) groups is 1. The molecule has 24 heavy (non-hydrogen) atoms. The van der Waals surface area contributed by atoms with Crippen LogP contribution >= 0.6 is 0 Å². The molecule has 0 bridgehead atoms. The van der Waals surface area contributed by atoms with Crippen LogP contribution in [-0.4, -0.2) is 29.9 Å². The number of piperidine rings is 1. The molecule has 1 fully saturated rings. The molecule has 2 rings (SSSR count). The first-order chi connectivity index (χ1) is 11.2. The van der Waals surface area contributed by atoms with E-state index in [0.717, 1.165) is 30.5 Å². The molecule has 3 unspecified atom stereocenters. The van der Waals surface area contributed by atoms with E-state index in [-0.39, 0.29) is 24.3 Å². The average molecular weight is 342 g/mol. The van der Waals surface area contributed by atoms with Crippen molar-refractivity contribution in [2.75, 3.05) is 13.1 Å². The summed E-state index contributed by atoms with van der Waals surface area (Å²) in [5.74, 6) is 0.470. The van der Waals surface area contributed by atoms with Crippen molar-refractivity contribution in [3.8, 4) is 0 Å². The van der Waals surface area contributed by atoms with Gasteiger partial charge < -0.3 is 10.6 Å². The minimum Gasteiger partial charge on any atom is -0.338 e. The van der Waals surface area contributed by atoms with Crippen LogP contribution in [0.2, 0.25) is 0 Å². The predicted octanol–water partition coefficient (Wildman–Crippen LogP) is 3.78. The Labute approximate surface area is 141 Å². The number of alkyl halides is 3. The third-order valence-corrected chi connectivity index (χ3v) is 4.86. The summed E-state index contributed by atoms with van der Waals surface area (Å²) in [6.45, 7) is 5.19. The maximum absolute atomic E-state index is 12.6. The number of benzene rings is 1. The molecule has 3 atom stereocenters. The van der Waals surface area contributed by atoms with Crippen LogP contribution in [0, 0.1) is 5.92 Å². The summed E-state index contributed by atoms with van der Waals surface area (Å²) in [6.07, 6.45) is -2.17. The van der Waals surface area contributed by atoms with Crippen LogP contribution in [0.1, 0.15) is 50.2 Å². The van der Waals surface area contributed by atoms with E-state index in [4.69, 9.17) is 5.73 Å². The molecule has 0 radical (unpaired) electrons. The molecule has 6 heteroatoms. The molecule has 1 saturated heterocycles. The second-order valence-corrected chi connectivity index (χ2v) is 6.83. The van der Waals surface area contributed by atoms with Crippen molar-refractivity contribution in [2.24, 2.45) is 11.7 Å². The first-order valence-corrected chi connectivity index (χ1v) is 8.39. The average Bonchev–Trinajstić information content (AvgIpc) is 2.53. The highest BCUT2D eigenvalue weighted by atomic mass is 19.4. The summed E-state index contributed by atoms with van der Waals surface area (Å²) in [4.78, 5) is 14.4. The summed E-state index contributed by atoms with van der Waals surface area (Å²) in [6, 6.07) is 5.13. The monoisotopic (exact) mass is 342 g/mol. The third kappa shape index (κ3) is 4.50. The van der Waals surface area contributed by atoms with Crippen molar-refractivity contribution >= 4 is 5.91 Å². The van der Waals surface area contributed by atoms with E-state index in [1.807, 2.05) is 11.8 Å². The zero-order valence-corrected chi connectivity index (χ0v) is 14.1. The molecule has 134 valence electrons. The smallest absolute Gasteiger partial charge is 0.338 e. The summed E-state index contributed by atoms with van der Waals surface area (Å²) >= 11 is 0. The minimum atomic E-state index is -4.34. The number of likely N-dealkylation sites (tertiary alicyclic amines) is 1. The summed E-state index contributed by atoms with van der Waals surface area (Å²) in [5.41, 5.74) is 5.87. The molecule has 1 aliphatic rings. The number of hydrogen-bond donors (Lipinski definition) is 1. The highest BCUT2D eigenvalue weighted by Gasteiger charge is 2.31. The predicted molar refractivity (Wildman–Crippen MR) is 87.4 cm³/mol. The quantitative estimate of drug-likeness (QED) is 0.905. The summed E-state index contributed by atoms with van der Waals surface area (Å²) in [7, 11) is 0. The lowest BCUT2D eigenvalue weighted by Gasteiger charge is -2.38. The minimum absolute atomic E-state index is 0.0322. The lowest BCUT2D eigenvalue weighted by atomic mass is 9.90. The van der Waals surface area contributed by atoms with Gasteiger partial charge in [-0.05, 0) is 42.4 Å². The summed E-state index contributed by atoms with van der Waals surface area (Å²) < 4.78 is 37.8. The van der Waals surface area contributed by atoms with Crippen LogP contribution in [0.3, 0.4) is 0 Å².